The van der Waals surface area contributed by atoms with Crippen LogP contribution in [0.2, 0.25) is 0 Å². The van der Waals surface area contributed by atoms with Crippen molar-refractivity contribution in [2.75, 3.05) is 23.0 Å². The Bertz CT molecular complexity index is 1870. The normalized spacial score (nSPS) is 14.6. The smallest absolute Gasteiger partial charge is 0.264 e. The summed E-state index contributed by atoms with van der Waals surface area (Å²) in [7, 11) is -8.20. The van der Waals surface area contributed by atoms with Crippen molar-refractivity contribution >= 4 is 43.0 Å². The third kappa shape index (κ3) is 7.29. The van der Waals surface area contributed by atoms with Crippen molar-refractivity contribution in [3.05, 3.63) is 102 Å². The number of benzene rings is 3. The average molecular weight is 610 g/mol. The molecule has 0 bridgehead atoms. The highest BCUT2D eigenvalue weighted by atomic mass is 32.2. The van der Waals surface area contributed by atoms with E-state index in [2.05, 4.69) is 0 Å². The molecule has 0 amide bonds. The van der Waals surface area contributed by atoms with Crippen LogP contribution >= 0.6 is 0 Å². The first-order valence-electron chi connectivity index (χ1n) is 13.4. The van der Waals surface area contributed by atoms with Gasteiger partial charge in [-0.1, -0.05) is 48.5 Å². The van der Waals surface area contributed by atoms with Gasteiger partial charge >= 0.3 is 0 Å². The van der Waals surface area contributed by atoms with Crippen LogP contribution in [0.25, 0.3) is 28.2 Å². The van der Waals surface area contributed by atoms with Crippen LogP contribution in [-0.4, -0.2) is 44.0 Å². The van der Waals surface area contributed by atoms with Crippen LogP contribution in [-0.2, 0) is 26.7 Å². The minimum Gasteiger partial charge on any atom is -0.456 e. The monoisotopic (exact) mass is 609 g/mol. The second-order valence-electron chi connectivity index (χ2n) is 10.1. The van der Waals surface area contributed by atoms with E-state index in [9.17, 15) is 21.4 Å². The van der Waals surface area contributed by atoms with Crippen molar-refractivity contribution in [3.8, 4) is 16.9 Å². The molecular formula is C31H31NO8S2. The Morgan fingerprint density at radius 3 is 2.33 bits per heavy atom. The molecule has 3 aromatic carbocycles. The van der Waals surface area contributed by atoms with E-state index >= 15 is 0 Å². The fraction of sp³-hybridized carbons (Fsp3) is 0.226. The minimum atomic E-state index is -4.11. The Balaban J connectivity index is 1.47. The molecule has 2 heterocycles. The summed E-state index contributed by atoms with van der Waals surface area (Å²) >= 11 is 0. The predicted molar refractivity (Wildman–Crippen MR) is 164 cm³/mol. The largest absolute Gasteiger partial charge is 0.456 e. The molecule has 0 saturated carbocycles. The SMILES string of the molecule is Cc1ccc2c(c1)OC(=CC=Cc1oc3ccc(-c4ccccc4)cc3c1CCCS(=O)(=O)O)N2CCCS(=O)(=O)O. The van der Waals surface area contributed by atoms with Crippen molar-refractivity contribution in [1.82, 2.24) is 0 Å². The van der Waals surface area contributed by atoms with Crippen LogP contribution in [0.3, 0.4) is 0 Å². The highest BCUT2D eigenvalue weighted by molar-refractivity contribution is 7.86. The molecule has 0 spiro atoms. The van der Waals surface area contributed by atoms with Gasteiger partial charge in [0.15, 0.2) is 5.75 Å². The molecule has 0 unspecified atom stereocenters. The van der Waals surface area contributed by atoms with E-state index in [0.29, 0.717) is 35.9 Å². The van der Waals surface area contributed by atoms with Crippen LogP contribution in [0.5, 0.6) is 5.75 Å². The van der Waals surface area contributed by atoms with E-state index in [-0.39, 0.29) is 24.3 Å². The standard InChI is InChI=1S/C31H31NO8S2/c1-22-13-15-27-30(20-22)40-31(32(27)17-7-19-42(36,37)38)12-5-11-28-25(10-6-18-41(33,34)35)26-21-24(14-16-29(26)39-28)23-8-3-2-4-9-23/h2-5,8-9,11-16,20-21H,6-7,10,17-19H2,1H3,(H,33,34,35)(H,36,37,38). The Kier molecular flexibility index (Phi) is 8.55. The number of allylic oxidation sites excluding steroid dienone is 2. The average Bonchev–Trinajstić information content (AvgIpc) is 3.44. The van der Waals surface area contributed by atoms with Crippen molar-refractivity contribution in [1.29, 1.82) is 0 Å². The van der Waals surface area contributed by atoms with Crippen molar-refractivity contribution < 1.29 is 35.1 Å². The molecule has 0 saturated heterocycles. The van der Waals surface area contributed by atoms with Gasteiger partial charge in [0.05, 0.1) is 17.2 Å². The molecule has 4 aromatic rings. The molecule has 0 atom stereocenters. The first-order chi connectivity index (χ1) is 20.0. The molecule has 220 valence electrons. The van der Waals surface area contributed by atoms with Crippen molar-refractivity contribution in [2.45, 2.75) is 26.2 Å². The molecule has 0 fully saturated rings. The molecule has 9 nitrogen and oxygen atoms in total. The summed E-state index contributed by atoms with van der Waals surface area (Å²) in [6.07, 6.45) is 6.04. The quantitative estimate of drug-likeness (QED) is 0.189. The molecular weight excluding hydrogens is 578 g/mol. The zero-order chi connectivity index (χ0) is 29.9. The van der Waals surface area contributed by atoms with Gasteiger partial charge in [-0.05, 0) is 79.3 Å². The molecule has 1 aliphatic heterocycles. The Hall–Kier alpha value is -3.90. The number of hydrogen-bond acceptors (Lipinski definition) is 7. The van der Waals surface area contributed by atoms with E-state index in [0.717, 1.165) is 33.3 Å². The lowest BCUT2D eigenvalue weighted by molar-refractivity contribution is 0.437. The van der Waals surface area contributed by atoms with E-state index < -0.39 is 20.2 Å². The van der Waals surface area contributed by atoms with E-state index in [1.54, 1.807) is 18.2 Å². The predicted octanol–water partition coefficient (Wildman–Crippen LogP) is 6.26. The zero-order valence-electron chi connectivity index (χ0n) is 22.9. The maximum atomic E-state index is 11.4. The summed E-state index contributed by atoms with van der Waals surface area (Å²) in [5.74, 6) is 0.939. The van der Waals surface area contributed by atoms with E-state index in [1.807, 2.05) is 78.6 Å². The van der Waals surface area contributed by atoms with Crippen molar-refractivity contribution in [2.24, 2.45) is 0 Å². The lowest BCUT2D eigenvalue weighted by Crippen LogP contribution is -2.23. The molecule has 5 rings (SSSR count). The van der Waals surface area contributed by atoms with Gasteiger partial charge in [-0.25, -0.2) is 0 Å². The van der Waals surface area contributed by atoms with Crippen LogP contribution < -0.4 is 9.64 Å². The summed E-state index contributed by atoms with van der Waals surface area (Å²) in [4.78, 5) is 1.85. The third-order valence-corrected chi connectivity index (χ3v) is 8.52. The van der Waals surface area contributed by atoms with Gasteiger partial charge in [-0.15, -0.1) is 0 Å². The summed E-state index contributed by atoms with van der Waals surface area (Å²) in [5.41, 5.74) is 5.29. The lowest BCUT2D eigenvalue weighted by Gasteiger charge is -2.17. The Morgan fingerprint density at radius 1 is 0.857 bits per heavy atom. The van der Waals surface area contributed by atoms with Crippen LogP contribution in [0, 0.1) is 6.92 Å². The van der Waals surface area contributed by atoms with E-state index in [4.69, 9.17) is 13.7 Å². The highest BCUT2D eigenvalue weighted by Crippen LogP contribution is 2.40. The third-order valence-electron chi connectivity index (χ3n) is 6.92. The van der Waals surface area contributed by atoms with Crippen LogP contribution in [0.4, 0.5) is 5.69 Å². The molecule has 11 heteroatoms. The first-order valence-corrected chi connectivity index (χ1v) is 16.6. The zero-order valence-corrected chi connectivity index (χ0v) is 24.6. The van der Waals surface area contributed by atoms with Gasteiger partial charge in [0.1, 0.15) is 11.3 Å². The van der Waals surface area contributed by atoms with Gasteiger partial charge in [0, 0.05) is 17.5 Å². The second-order valence-corrected chi connectivity index (χ2v) is 13.3. The maximum absolute atomic E-state index is 11.4. The van der Waals surface area contributed by atoms with Crippen LogP contribution in [0.15, 0.2) is 89.2 Å². The lowest BCUT2D eigenvalue weighted by atomic mass is 10.00. The molecule has 0 radical (unpaired) electrons. The minimum absolute atomic E-state index is 0.196. The van der Waals surface area contributed by atoms with Gasteiger partial charge in [-0.3, -0.25) is 9.11 Å². The number of furan rings is 1. The summed E-state index contributed by atoms with van der Waals surface area (Å²) in [6, 6.07) is 21.5. The van der Waals surface area contributed by atoms with Gasteiger partial charge < -0.3 is 14.1 Å². The summed E-state index contributed by atoms with van der Waals surface area (Å²) in [5, 5.41) is 0.853. The van der Waals surface area contributed by atoms with Crippen molar-refractivity contribution in [3.63, 3.8) is 0 Å². The number of hydrogen-bond donors (Lipinski definition) is 2. The van der Waals surface area contributed by atoms with Gasteiger partial charge in [-0.2, -0.15) is 16.8 Å². The summed E-state index contributed by atoms with van der Waals surface area (Å²) < 4.78 is 76.0. The Morgan fingerprint density at radius 2 is 1.60 bits per heavy atom. The fourth-order valence-electron chi connectivity index (χ4n) is 4.99. The number of nitrogens with zero attached hydrogens (tertiary/aromatic N) is 1. The number of anilines is 1. The van der Waals surface area contributed by atoms with E-state index in [1.165, 1.54) is 0 Å². The molecule has 1 aliphatic rings. The summed E-state index contributed by atoms with van der Waals surface area (Å²) in [6.45, 7) is 2.26. The molecule has 1 aromatic heterocycles. The topological polar surface area (TPSA) is 134 Å². The Labute approximate surface area is 245 Å². The molecule has 0 aliphatic carbocycles. The number of rotatable bonds is 11. The highest BCUT2D eigenvalue weighted by Gasteiger charge is 2.26. The van der Waals surface area contributed by atoms with Crippen LogP contribution in [0.1, 0.15) is 29.7 Å². The van der Waals surface area contributed by atoms with Gasteiger partial charge in [0.25, 0.3) is 20.2 Å². The number of fused-ring (bicyclic) bond motifs is 2. The fourth-order valence-corrected chi connectivity index (χ4v) is 5.99. The van der Waals surface area contributed by atoms with Gasteiger partial charge in [0.2, 0.25) is 5.88 Å². The maximum Gasteiger partial charge on any atom is 0.264 e. The first kappa shape index (κ1) is 29.6. The molecule has 2 N–H and O–H groups in total. The number of ether oxygens (including phenoxy) is 1. The molecule has 42 heavy (non-hydrogen) atoms. The second kappa shape index (κ2) is 12.1. The number of aryl methyl sites for hydroxylation is 2.